The summed E-state index contributed by atoms with van der Waals surface area (Å²) in [7, 11) is 1.58. The number of hydrogen-bond donors (Lipinski definition) is 2. The van der Waals surface area contributed by atoms with Crippen LogP contribution in [-0.2, 0) is 21.6 Å². The van der Waals surface area contributed by atoms with Crippen LogP contribution < -0.4 is 10.1 Å². The van der Waals surface area contributed by atoms with Crippen LogP contribution in [0.3, 0.4) is 0 Å². The highest BCUT2D eigenvalue weighted by atomic mass is 16.5. The Bertz CT molecular complexity index is 922. The Kier molecular flexibility index (Phi) is 7.75. The summed E-state index contributed by atoms with van der Waals surface area (Å²) in [4.78, 5) is 26.3. The standard InChI is InChI=1S/C25H32N2O5/c1-4-5-14-32-25(21-9-7-6-8-18(21)2)16-27(17-25)23(28)22(26-24(29)30)15-19-10-12-20(31-3)13-11-19/h6-13,22,26H,4-5,14-17H2,1-3H3,(H,29,30)/t22-/m1/s1. The predicted molar refractivity (Wildman–Crippen MR) is 122 cm³/mol. The van der Waals surface area contributed by atoms with Gasteiger partial charge in [0.25, 0.3) is 0 Å². The van der Waals surface area contributed by atoms with Gasteiger partial charge >= 0.3 is 6.09 Å². The molecule has 1 atom stereocenters. The number of likely N-dealkylation sites (tertiary alicyclic amines) is 1. The molecular formula is C25H32N2O5. The molecule has 7 nitrogen and oxygen atoms in total. The Morgan fingerprint density at radius 1 is 1.16 bits per heavy atom. The third-order valence-electron chi connectivity index (χ3n) is 5.91. The van der Waals surface area contributed by atoms with Gasteiger partial charge in [-0.05, 0) is 42.2 Å². The molecule has 2 aromatic carbocycles. The molecule has 2 aromatic rings. The van der Waals surface area contributed by atoms with Crippen molar-refractivity contribution in [2.45, 2.75) is 44.8 Å². The predicted octanol–water partition coefficient (Wildman–Crippen LogP) is 3.74. The molecule has 0 aliphatic carbocycles. The smallest absolute Gasteiger partial charge is 0.405 e. The van der Waals surface area contributed by atoms with Gasteiger partial charge in [0.05, 0.1) is 20.2 Å². The first kappa shape index (κ1) is 23.6. The number of amides is 2. The van der Waals surface area contributed by atoms with Crippen molar-refractivity contribution in [3.8, 4) is 5.75 Å². The molecule has 0 radical (unpaired) electrons. The molecule has 1 fully saturated rings. The third kappa shape index (κ3) is 5.40. The zero-order valence-corrected chi connectivity index (χ0v) is 19.0. The summed E-state index contributed by atoms with van der Waals surface area (Å²) in [5.41, 5.74) is 2.50. The highest BCUT2D eigenvalue weighted by Gasteiger charge is 2.49. The maximum atomic E-state index is 13.2. The van der Waals surface area contributed by atoms with Gasteiger partial charge < -0.3 is 24.8 Å². The van der Waals surface area contributed by atoms with Gasteiger partial charge in [-0.25, -0.2) is 4.79 Å². The first-order valence-electron chi connectivity index (χ1n) is 11.0. The molecule has 2 N–H and O–H groups in total. The number of hydrogen-bond acceptors (Lipinski definition) is 4. The molecule has 1 saturated heterocycles. The van der Waals surface area contributed by atoms with E-state index in [9.17, 15) is 14.7 Å². The normalized spacial score (nSPS) is 15.5. The zero-order valence-electron chi connectivity index (χ0n) is 19.0. The van der Waals surface area contributed by atoms with Crippen molar-refractivity contribution in [3.63, 3.8) is 0 Å². The summed E-state index contributed by atoms with van der Waals surface area (Å²) in [5, 5.41) is 11.7. The molecule has 7 heteroatoms. The molecule has 0 spiro atoms. The number of nitrogens with one attached hydrogen (secondary N) is 1. The first-order chi connectivity index (χ1) is 15.4. The summed E-state index contributed by atoms with van der Waals surface area (Å²) in [6, 6.07) is 14.5. The van der Waals surface area contributed by atoms with Crippen LogP contribution in [-0.4, -0.2) is 54.9 Å². The fourth-order valence-electron chi connectivity index (χ4n) is 4.13. The minimum Gasteiger partial charge on any atom is -0.497 e. The Balaban J connectivity index is 1.75. The van der Waals surface area contributed by atoms with E-state index in [1.54, 1.807) is 24.1 Å². The Labute approximate surface area is 189 Å². The van der Waals surface area contributed by atoms with Gasteiger partial charge in [-0.1, -0.05) is 49.7 Å². The van der Waals surface area contributed by atoms with Gasteiger partial charge in [0, 0.05) is 13.0 Å². The average molecular weight is 441 g/mol. The summed E-state index contributed by atoms with van der Waals surface area (Å²) in [6.07, 6.45) is 1.02. The highest BCUT2D eigenvalue weighted by Crippen LogP contribution is 2.38. The number of carbonyl (C=O) groups is 2. The number of benzene rings is 2. The van der Waals surface area contributed by atoms with Gasteiger partial charge in [-0.15, -0.1) is 0 Å². The molecule has 3 rings (SSSR count). The number of aryl methyl sites for hydroxylation is 1. The second-order valence-corrected chi connectivity index (χ2v) is 8.26. The van der Waals surface area contributed by atoms with Crippen molar-refractivity contribution >= 4 is 12.0 Å². The van der Waals surface area contributed by atoms with Crippen molar-refractivity contribution < 1.29 is 24.2 Å². The van der Waals surface area contributed by atoms with Crippen LogP contribution in [0.1, 0.15) is 36.5 Å². The zero-order chi connectivity index (χ0) is 23.1. The van der Waals surface area contributed by atoms with E-state index in [2.05, 4.69) is 12.2 Å². The SMILES string of the molecule is CCCCOC1(c2ccccc2C)CN(C(=O)[C@@H](Cc2ccc(OC)cc2)NC(=O)O)C1. The van der Waals surface area contributed by atoms with Crippen LogP contribution in [0, 0.1) is 6.92 Å². The molecule has 1 aliphatic heterocycles. The lowest BCUT2D eigenvalue weighted by Gasteiger charge is -2.51. The van der Waals surface area contributed by atoms with E-state index in [0.29, 0.717) is 25.4 Å². The molecule has 172 valence electrons. The lowest BCUT2D eigenvalue weighted by Crippen LogP contribution is -2.66. The van der Waals surface area contributed by atoms with Crippen molar-refractivity contribution in [2.24, 2.45) is 0 Å². The molecule has 0 aromatic heterocycles. The van der Waals surface area contributed by atoms with E-state index >= 15 is 0 Å². The largest absolute Gasteiger partial charge is 0.497 e. The molecule has 32 heavy (non-hydrogen) atoms. The highest BCUT2D eigenvalue weighted by molar-refractivity contribution is 5.86. The first-order valence-corrected chi connectivity index (χ1v) is 11.0. The van der Waals surface area contributed by atoms with E-state index in [1.807, 2.05) is 43.3 Å². The minimum atomic E-state index is -1.22. The number of unbranched alkanes of at least 4 members (excludes halogenated alkanes) is 1. The molecule has 0 unspecified atom stereocenters. The van der Waals surface area contributed by atoms with Crippen LogP contribution in [0.2, 0.25) is 0 Å². The summed E-state index contributed by atoms with van der Waals surface area (Å²) >= 11 is 0. The minimum absolute atomic E-state index is 0.244. The van der Waals surface area contributed by atoms with Gasteiger partial charge in [-0.2, -0.15) is 0 Å². The van der Waals surface area contributed by atoms with Crippen molar-refractivity contribution in [3.05, 3.63) is 65.2 Å². The number of carboxylic acid groups (broad SMARTS) is 1. The van der Waals surface area contributed by atoms with E-state index in [0.717, 1.165) is 29.5 Å². The van der Waals surface area contributed by atoms with Gasteiger partial charge in [-0.3, -0.25) is 4.79 Å². The maximum Gasteiger partial charge on any atom is 0.405 e. The molecular weight excluding hydrogens is 408 g/mol. The number of methoxy groups -OCH3 is 1. The molecule has 1 heterocycles. The monoisotopic (exact) mass is 440 g/mol. The molecule has 1 aliphatic rings. The van der Waals surface area contributed by atoms with Crippen LogP contribution in [0.4, 0.5) is 4.79 Å². The van der Waals surface area contributed by atoms with Gasteiger partial charge in [0.1, 0.15) is 17.4 Å². The Morgan fingerprint density at radius 2 is 1.84 bits per heavy atom. The van der Waals surface area contributed by atoms with Crippen molar-refractivity contribution in [1.29, 1.82) is 0 Å². The lowest BCUT2D eigenvalue weighted by atomic mass is 9.82. The fraction of sp³-hybridized carbons (Fsp3) is 0.440. The van der Waals surface area contributed by atoms with Crippen LogP contribution in [0.5, 0.6) is 5.75 Å². The quantitative estimate of drug-likeness (QED) is 0.550. The van der Waals surface area contributed by atoms with Crippen LogP contribution in [0.25, 0.3) is 0 Å². The van der Waals surface area contributed by atoms with Crippen LogP contribution in [0.15, 0.2) is 48.5 Å². The number of carbonyl (C=O) groups excluding carboxylic acids is 1. The Morgan fingerprint density at radius 3 is 2.44 bits per heavy atom. The van der Waals surface area contributed by atoms with Gasteiger partial charge in [0.15, 0.2) is 0 Å². The number of ether oxygens (including phenoxy) is 2. The number of nitrogens with zero attached hydrogens (tertiary/aromatic N) is 1. The van der Waals surface area contributed by atoms with E-state index in [1.165, 1.54) is 0 Å². The van der Waals surface area contributed by atoms with Crippen molar-refractivity contribution in [1.82, 2.24) is 10.2 Å². The molecule has 0 bridgehead atoms. The van der Waals surface area contributed by atoms with E-state index < -0.39 is 17.7 Å². The van der Waals surface area contributed by atoms with Crippen LogP contribution >= 0.6 is 0 Å². The average Bonchev–Trinajstić information content (AvgIpc) is 2.75. The van der Waals surface area contributed by atoms with E-state index in [-0.39, 0.29) is 12.3 Å². The third-order valence-corrected chi connectivity index (χ3v) is 5.91. The maximum absolute atomic E-state index is 13.2. The van der Waals surface area contributed by atoms with Gasteiger partial charge in [0.2, 0.25) is 5.91 Å². The Hall–Kier alpha value is -3.06. The van der Waals surface area contributed by atoms with E-state index in [4.69, 9.17) is 9.47 Å². The molecule has 2 amide bonds. The lowest BCUT2D eigenvalue weighted by molar-refractivity contribution is -0.175. The fourth-order valence-corrected chi connectivity index (χ4v) is 4.13. The topological polar surface area (TPSA) is 88.1 Å². The summed E-state index contributed by atoms with van der Waals surface area (Å²) in [5.74, 6) is 0.462. The second-order valence-electron chi connectivity index (χ2n) is 8.26. The molecule has 0 saturated carbocycles. The van der Waals surface area contributed by atoms with Crippen molar-refractivity contribution in [2.75, 3.05) is 26.8 Å². The summed E-state index contributed by atoms with van der Waals surface area (Å²) in [6.45, 7) is 5.59. The summed E-state index contributed by atoms with van der Waals surface area (Å²) < 4.78 is 11.5. The number of rotatable bonds is 10. The second kappa shape index (κ2) is 10.5.